The van der Waals surface area contributed by atoms with E-state index in [-0.39, 0.29) is 23.8 Å². The summed E-state index contributed by atoms with van der Waals surface area (Å²) in [6.45, 7) is 3.27. The molecule has 4 bridgehead atoms. The number of carbonyl (C=O) groups is 2. The van der Waals surface area contributed by atoms with E-state index in [4.69, 9.17) is 10.5 Å². The van der Waals surface area contributed by atoms with Crippen molar-refractivity contribution in [2.45, 2.75) is 77.2 Å². The first kappa shape index (κ1) is 25.3. The van der Waals surface area contributed by atoms with Gasteiger partial charge in [0.2, 0.25) is 11.8 Å². The number of nitrogens with two attached hydrogens (primary N) is 1. The van der Waals surface area contributed by atoms with Crippen molar-refractivity contribution in [3.8, 4) is 5.88 Å². The van der Waals surface area contributed by atoms with Crippen LogP contribution in [0.25, 0.3) is 6.20 Å². The fourth-order valence-corrected chi connectivity index (χ4v) is 7.35. The van der Waals surface area contributed by atoms with E-state index in [0.717, 1.165) is 24.7 Å². The number of carbonyl (C=O) groups excluding carboxylic acids is 2. The lowest BCUT2D eigenvalue weighted by molar-refractivity contribution is -0.123. The Hall–Kier alpha value is -2.35. The van der Waals surface area contributed by atoms with Crippen molar-refractivity contribution in [2.75, 3.05) is 19.7 Å². The summed E-state index contributed by atoms with van der Waals surface area (Å²) in [7, 11) is 0. The minimum Gasteiger partial charge on any atom is -0.477 e. The van der Waals surface area contributed by atoms with Crippen molar-refractivity contribution in [1.29, 1.82) is 0 Å². The Bertz CT molecular complexity index is 923. The predicted molar refractivity (Wildman–Crippen MR) is 139 cm³/mol. The van der Waals surface area contributed by atoms with Crippen LogP contribution in [0, 0.1) is 35.5 Å². The van der Waals surface area contributed by atoms with Gasteiger partial charge in [0, 0.05) is 25.3 Å². The maximum absolute atomic E-state index is 13.5. The molecule has 5 fully saturated rings. The number of rotatable bonds is 10. The quantitative estimate of drug-likeness (QED) is 0.458. The number of nitrogens with zero attached hydrogens (tertiary/aromatic N) is 2. The van der Waals surface area contributed by atoms with Gasteiger partial charge in [-0.1, -0.05) is 32.3 Å². The first-order chi connectivity index (χ1) is 17.5. The zero-order chi connectivity index (χ0) is 25.1. The maximum Gasteiger partial charge on any atom is 0.258 e. The average Bonchev–Trinajstić information content (AvgIpc) is 3.29. The Balaban J connectivity index is 1.30. The van der Waals surface area contributed by atoms with Gasteiger partial charge in [-0.25, -0.2) is 4.68 Å². The summed E-state index contributed by atoms with van der Waals surface area (Å²) in [5.41, 5.74) is 5.98. The zero-order valence-corrected chi connectivity index (χ0v) is 21.7. The van der Waals surface area contributed by atoms with Crippen molar-refractivity contribution in [3.05, 3.63) is 17.8 Å². The monoisotopic (exact) mass is 497 g/mol. The molecule has 8 nitrogen and oxygen atoms in total. The molecule has 5 saturated carbocycles. The van der Waals surface area contributed by atoms with Crippen molar-refractivity contribution in [3.63, 3.8) is 0 Å². The molecule has 0 spiro atoms. The second-order valence-electron chi connectivity index (χ2n) is 11.8. The molecule has 1 unspecified atom stereocenters. The third kappa shape index (κ3) is 5.63. The second kappa shape index (κ2) is 11.4. The summed E-state index contributed by atoms with van der Waals surface area (Å²) in [5.74, 6) is 3.42. The molecule has 6 rings (SSSR count). The predicted octanol–water partition coefficient (Wildman–Crippen LogP) is 3.58. The normalized spacial score (nSPS) is 30.4. The third-order valence-electron chi connectivity index (χ3n) is 9.07. The van der Waals surface area contributed by atoms with Gasteiger partial charge in [-0.15, -0.1) is 0 Å². The second-order valence-corrected chi connectivity index (χ2v) is 11.8. The van der Waals surface area contributed by atoms with Crippen LogP contribution in [-0.4, -0.2) is 47.3 Å². The molecule has 5 aliphatic rings. The lowest BCUT2D eigenvalue weighted by Gasteiger charge is -2.54. The smallest absolute Gasteiger partial charge is 0.258 e. The molecular formula is C28H43N5O3. The topological polar surface area (TPSA) is 111 Å². The van der Waals surface area contributed by atoms with Crippen molar-refractivity contribution in [2.24, 2.45) is 41.2 Å². The molecule has 8 heteroatoms. The standard InChI is InChI=1S/C28H43N5O3/c1-18(26(34)30-9-8-29)7-10-33-28(36-17-19-5-3-2-4-6-19)24(16-31-33)27(35)32-25-22-12-20-11-21(14-22)15-23(25)13-20/h7,10,16,18-23,25H,2-6,8-9,11-15,17,29H2,1H3,(H,30,34)(H,32,35). The summed E-state index contributed by atoms with van der Waals surface area (Å²) in [6.07, 6.45) is 17.7. The SMILES string of the molecule is CC(C=Cn1ncc(C(=O)NC2C3CC4CC(C3)CC2C4)c1OCC1CCCCC1)C(=O)NCCN. The van der Waals surface area contributed by atoms with E-state index in [1.165, 1.54) is 51.4 Å². The number of aromatic nitrogens is 2. The first-order valence-corrected chi connectivity index (χ1v) is 14.2. The van der Waals surface area contributed by atoms with Gasteiger partial charge in [0.1, 0.15) is 5.56 Å². The number of amides is 2. The highest BCUT2D eigenvalue weighted by Gasteiger charge is 2.48. The van der Waals surface area contributed by atoms with Crippen LogP contribution in [0.4, 0.5) is 0 Å². The molecule has 0 saturated heterocycles. The Labute approximate surface area is 214 Å². The molecular weight excluding hydrogens is 454 g/mol. The molecule has 1 aromatic heterocycles. The van der Waals surface area contributed by atoms with Gasteiger partial charge in [-0.2, -0.15) is 5.10 Å². The Morgan fingerprint density at radius 2 is 1.83 bits per heavy atom. The van der Waals surface area contributed by atoms with Crippen LogP contribution in [0.1, 0.15) is 81.5 Å². The van der Waals surface area contributed by atoms with Crippen LogP contribution in [0.15, 0.2) is 12.3 Å². The van der Waals surface area contributed by atoms with E-state index < -0.39 is 0 Å². The van der Waals surface area contributed by atoms with Crippen molar-refractivity contribution >= 4 is 18.0 Å². The van der Waals surface area contributed by atoms with Gasteiger partial charge < -0.3 is 21.1 Å². The molecule has 1 aromatic rings. The lowest BCUT2D eigenvalue weighted by atomic mass is 9.54. The number of nitrogens with one attached hydrogen (secondary N) is 2. The van der Waals surface area contributed by atoms with E-state index in [9.17, 15) is 9.59 Å². The van der Waals surface area contributed by atoms with E-state index in [2.05, 4.69) is 15.7 Å². The molecule has 0 aliphatic heterocycles. The zero-order valence-electron chi connectivity index (χ0n) is 21.7. The van der Waals surface area contributed by atoms with E-state index in [1.54, 1.807) is 23.2 Å². The van der Waals surface area contributed by atoms with Crippen LogP contribution in [0.5, 0.6) is 5.88 Å². The summed E-state index contributed by atoms with van der Waals surface area (Å²) in [4.78, 5) is 25.8. The molecule has 0 aromatic carbocycles. The van der Waals surface area contributed by atoms with Gasteiger partial charge in [-0.3, -0.25) is 9.59 Å². The summed E-state index contributed by atoms with van der Waals surface area (Å²) < 4.78 is 7.92. The van der Waals surface area contributed by atoms with Gasteiger partial charge in [0.15, 0.2) is 0 Å². The molecule has 1 atom stereocenters. The van der Waals surface area contributed by atoms with E-state index in [0.29, 0.717) is 48.9 Å². The van der Waals surface area contributed by atoms with Crippen molar-refractivity contribution in [1.82, 2.24) is 20.4 Å². The highest BCUT2D eigenvalue weighted by atomic mass is 16.5. The number of hydrogen-bond donors (Lipinski definition) is 3. The Morgan fingerprint density at radius 3 is 2.50 bits per heavy atom. The molecule has 1 heterocycles. The molecule has 0 radical (unpaired) electrons. The van der Waals surface area contributed by atoms with Crippen LogP contribution in [0.2, 0.25) is 0 Å². The lowest BCUT2D eigenvalue weighted by Crippen LogP contribution is -2.55. The molecule has 198 valence electrons. The fourth-order valence-electron chi connectivity index (χ4n) is 7.35. The molecule has 36 heavy (non-hydrogen) atoms. The van der Waals surface area contributed by atoms with Crippen LogP contribution in [-0.2, 0) is 4.79 Å². The molecule has 2 amide bonds. The summed E-state index contributed by atoms with van der Waals surface area (Å²) in [6, 6.07) is 0.265. The maximum atomic E-state index is 13.5. The average molecular weight is 498 g/mol. The van der Waals surface area contributed by atoms with Gasteiger partial charge in [0.05, 0.1) is 18.7 Å². The minimum atomic E-state index is -0.350. The van der Waals surface area contributed by atoms with Gasteiger partial charge >= 0.3 is 0 Å². The van der Waals surface area contributed by atoms with Gasteiger partial charge in [-0.05, 0) is 74.5 Å². The van der Waals surface area contributed by atoms with E-state index >= 15 is 0 Å². The highest BCUT2D eigenvalue weighted by molar-refractivity contribution is 5.96. The largest absolute Gasteiger partial charge is 0.477 e. The number of hydrogen-bond acceptors (Lipinski definition) is 5. The third-order valence-corrected chi connectivity index (χ3v) is 9.07. The molecule has 5 aliphatic carbocycles. The summed E-state index contributed by atoms with van der Waals surface area (Å²) in [5, 5.41) is 10.7. The van der Waals surface area contributed by atoms with E-state index in [1.807, 2.05) is 6.92 Å². The van der Waals surface area contributed by atoms with Crippen molar-refractivity contribution < 1.29 is 14.3 Å². The fraction of sp³-hybridized carbons (Fsp3) is 0.750. The highest BCUT2D eigenvalue weighted by Crippen LogP contribution is 2.53. The van der Waals surface area contributed by atoms with Crippen LogP contribution >= 0.6 is 0 Å². The van der Waals surface area contributed by atoms with Crippen LogP contribution < -0.4 is 21.1 Å². The first-order valence-electron chi connectivity index (χ1n) is 14.2. The number of ether oxygens (including phenoxy) is 1. The minimum absolute atomic E-state index is 0.0838. The van der Waals surface area contributed by atoms with Crippen LogP contribution in [0.3, 0.4) is 0 Å². The Kier molecular flexibility index (Phi) is 7.99. The Morgan fingerprint density at radius 1 is 1.14 bits per heavy atom. The van der Waals surface area contributed by atoms with Gasteiger partial charge in [0.25, 0.3) is 5.91 Å². The molecule has 4 N–H and O–H groups in total. The summed E-state index contributed by atoms with van der Waals surface area (Å²) >= 11 is 0.